The SMILES string of the molecule is O=C(NC1CC1)C1=NO[C@@H]2CN(C(=O)c3cc(C4CC4)on3)C[C@H]12. The first-order chi connectivity index (χ1) is 11.7. The predicted molar refractivity (Wildman–Crippen MR) is 81.3 cm³/mol. The second kappa shape index (κ2) is 5.06. The van der Waals surface area contributed by atoms with Crippen molar-refractivity contribution in [2.75, 3.05) is 13.1 Å². The van der Waals surface area contributed by atoms with Crippen molar-refractivity contribution in [2.24, 2.45) is 11.1 Å². The first-order valence-corrected chi connectivity index (χ1v) is 8.49. The number of rotatable bonds is 4. The van der Waals surface area contributed by atoms with Gasteiger partial charge in [-0.15, -0.1) is 0 Å². The second-order valence-electron chi connectivity index (χ2n) is 7.07. The van der Waals surface area contributed by atoms with Crippen LogP contribution in [0.2, 0.25) is 0 Å². The van der Waals surface area contributed by atoms with Crippen molar-refractivity contribution in [2.45, 2.75) is 43.7 Å². The van der Waals surface area contributed by atoms with E-state index in [1.165, 1.54) is 0 Å². The third kappa shape index (κ3) is 2.37. The number of oxime groups is 1. The van der Waals surface area contributed by atoms with Gasteiger partial charge in [0, 0.05) is 24.6 Å². The van der Waals surface area contributed by atoms with Crippen molar-refractivity contribution in [1.82, 2.24) is 15.4 Å². The maximum absolute atomic E-state index is 12.6. The number of aromatic nitrogens is 1. The maximum atomic E-state index is 12.6. The molecular formula is C16H18N4O4. The Morgan fingerprint density at radius 1 is 1.21 bits per heavy atom. The first-order valence-electron chi connectivity index (χ1n) is 8.49. The average Bonchev–Trinajstić information content (AvgIpc) is 3.44. The lowest BCUT2D eigenvalue weighted by molar-refractivity contribution is -0.115. The highest BCUT2D eigenvalue weighted by Crippen LogP contribution is 2.40. The molecule has 126 valence electrons. The molecule has 0 spiro atoms. The second-order valence-corrected chi connectivity index (χ2v) is 7.07. The van der Waals surface area contributed by atoms with Gasteiger partial charge in [-0.25, -0.2) is 0 Å². The fourth-order valence-corrected chi connectivity index (χ4v) is 3.31. The van der Waals surface area contributed by atoms with Gasteiger partial charge in [-0.05, 0) is 25.7 Å². The quantitative estimate of drug-likeness (QED) is 0.874. The number of amides is 2. The van der Waals surface area contributed by atoms with Gasteiger partial charge in [0.1, 0.15) is 5.76 Å². The van der Waals surface area contributed by atoms with Crippen LogP contribution in [0.1, 0.15) is 47.8 Å². The Kier molecular flexibility index (Phi) is 2.95. The Bertz CT molecular complexity index is 734. The summed E-state index contributed by atoms with van der Waals surface area (Å²) in [6, 6.07) is 2.01. The Labute approximate surface area is 138 Å². The number of hydrogen-bond donors (Lipinski definition) is 1. The molecular weight excluding hydrogens is 312 g/mol. The van der Waals surface area contributed by atoms with E-state index in [4.69, 9.17) is 9.36 Å². The van der Waals surface area contributed by atoms with Crippen LogP contribution in [0.25, 0.3) is 0 Å². The van der Waals surface area contributed by atoms with Crippen LogP contribution in [0.15, 0.2) is 15.7 Å². The highest BCUT2D eigenvalue weighted by molar-refractivity contribution is 6.40. The molecule has 1 aromatic heterocycles. The minimum absolute atomic E-state index is 0.164. The molecule has 24 heavy (non-hydrogen) atoms. The molecule has 4 aliphatic rings. The van der Waals surface area contributed by atoms with Crippen molar-refractivity contribution in [3.8, 4) is 0 Å². The summed E-state index contributed by atoms with van der Waals surface area (Å²) < 4.78 is 5.26. The van der Waals surface area contributed by atoms with Crippen LogP contribution >= 0.6 is 0 Å². The molecule has 8 heteroatoms. The monoisotopic (exact) mass is 330 g/mol. The van der Waals surface area contributed by atoms with E-state index in [0.717, 1.165) is 31.4 Å². The number of hydrogen-bond acceptors (Lipinski definition) is 6. The fourth-order valence-electron chi connectivity index (χ4n) is 3.31. The molecule has 2 amide bonds. The molecule has 1 N–H and O–H groups in total. The lowest BCUT2D eigenvalue weighted by Gasteiger charge is -2.14. The number of likely N-dealkylation sites (tertiary alicyclic amines) is 1. The molecule has 3 fully saturated rings. The molecule has 0 bridgehead atoms. The molecule has 0 radical (unpaired) electrons. The van der Waals surface area contributed by atoms with E-state index in [1.807, 2.05) is 0 Å². The zero-order valence-electron chi connectivity index (χ0n) is 13.1. The fraction of sp³-hybridized carbons (Fsp3) is 0.625. The Morgan fingerprint density at radius 2 is 2.04 bits per heavy atom. The molecule has 5 rings (SSSR count). The minimum atomic E-state index is -0.247. The summed E-state index contributed by atoms with van der Waals surface area (Å²) in [5.74, 6) is 0.704. The summed E-state index contributed by atoms with van der Waals surface area (Å²) in [7, 11) is 0. The third-order valence-electron chi connectivity index (χ3n) is 5.06. The van der Waals surface area contributed by atoms with Crippen LogP contribution in [0.4, 0.5) is 0 Å². The zero-order valence-corrected chi connectivity index (χ0v) is 13.1. The van der Waals surface area contributed by atoms with Crippen molar-refractivity contribution in [1.29, 1.82) is 0 Å². The summed E-state index contributed by atoms with van der Waals surface area (Å²) >= 11 is 0. The lowest BCUT2D eigenvalue weighted by Crippen LogP contribution is -2.38. The molecule has 3 heterocycles. The molecule has 0 aromatic carbocycles. The predicted octanol–water partition coefficient (Wildman–Crippen LogP) is 0.657. The van der Waals surface area contributed by atoms with E-state index in [2.05, 4.69) is 15.6 Å². The van der Waals surface area contributed by atoms with Gasteiger partial charge in [0.05, 0.1) is 12.5 Å². The maximum Gasteiger partial charge on any atom is 0.276 e. The van der Waals surface area contributed by atoms with Crippen LogP contribution in [-0.2, 0) is 9.63 Å². The highest BCUT2D eigenvalue weighted by atomic mass is 16.6. The molecule has 2 saturated carbocycles. The van der Waals surface area contributed by atoms with Crippen LogP contribution in [0.5, 0.6) is 0 Å². The van der Waals surface area contributed by atoms with Gasteiger partial charge < -0.3 is 19.6 Å². The Balaban J connectivity index is 1.26. The molecule has 2 aliphatic carbocycles. The van der Waals surface area contributed by atoms with E-state index in [1.54, 1.807) is 11.0 Å². The van der Waals surface area contributed by atoms with Gasteiger partial charge in [0.2, 0.25) is 0 Å². The van der Waals surface area contributed by atoms with Crippen LogP contribution in [-0.4, -0.2) is 52.8 Å². The van der Waals surface area contributed by atoms with Gasteiger partial charge in [0.25, 0.3) is 11.8 Å². The average molecular weight is 330 g/mol. The molecule has 1 saturated heterocycles. The normalized spacial score (nSPS) is 28.3. The van der Waals surface area contributed by atoms with Crippen LogP contribution < -0.4 is 5.32 Å². The number of carbonyl (C=O) groups excluding carboxylic acids is 2. The van der Waals surface area contributed by atoms with E-state index in [0.29, 0.717) is 30.4 Å². The summed E-state index contributed by atoms with van der Waals surface area (Å²) in [6.45, 7) is 0.838. The number of fused-ring (bicyclic) bond motifs is 1. The van der Waals surface area contributed by atoms with E-state index >= 15 is 0 Å². The molecule has 8 nitrogen and oxygen atoms in total. The molecule has 1 aromatic rings. The number of nitrogens with zero attached hydrogens (tertiary/aromatic N) is 3. The van der Waals surface area contributed by atoms with E-state index in [-0.39, 0.29) is 29.9 Å². The van der Waals surface area contributed by atoms with Gasteiger partial charge in [-0.1, -0.05) is 10.3 Å². The minimum Gasteiger partial charge on any atom is -0.389 e. The van der Waals surface area contributed by atoms with Gasteiger partial charge >= 0.3 is 0 Å². The molecule has 2 aliphatic heterocycles. The summed E-state index contributed by atoms with van der Waals surface area (Å²) in [5, 5.41) is 10.8. The van der Waals surface area contributed by atoms with Crippen molar-refractivity contribution in [3.63, 3.8) is 0 Å². The van der Waals surface area contributed by atoms with E-state index in [9.17, 15) is 9.59 Å². The Morgan fingerprint density at radius 3 is 2.79 bits per heavy atom. The van der Waals surface area contributed by atoms with Gasteiger partial charge in [-0.3, -0.25) is 9.59 Å². The smallest absolute Gasteiger partial charge is 0.276 e. The van der Waals surface area contributed by atoms with E-state index < -0.39 is 0 Å². The van der Waals surface area contributed by atoms with Crippen molar-refractivity contribution < 1.29 is 18.9 Å². The van der Waals surface area contributed by atoms with Gasteiger partial charge in [-0.2, -0.15) is 0 Å². The van der Waals surface area contributed by atoms with Crippen LogP contribution in [0, 0.1) is 5.92 Å². The first kappa shape index (κ1) is 14.0. The molecule has 0 unspecified atom stereocenters. The largest absolute Gasteiger partial charge is 0.389 e. The third-order valence-corrected chi connectivity index (χ3v) is 5.06. The number of carbonyl (C=O) groups is 2. The Hall–Kier alpha value is -2.38. The number of nitrogens with one attached hydrogen (secondary N) is 1. The van der Waals surface area contributed by atoms with Crippen molar-refractivity contribution in [3.05, 3.63) is 17.5 Å². The summed E-state index contributed by atoms with van der Waals surface area (Å²) in [5.41, 5.74) is 0.735. The molecule has 2 atom stereocenters. The summed E-state index contributed by atoms with van der Waals surface area (Å²) in [6.07, 6.45) is 3.99. The zero-order chi connectivity index (χ0) is 16.3. The topological polar surface area (TPSA) is 97.0 Å². The summed E-state index contributed by atoms with van der Waals surface area (Å²) in [4.78, 5) is 31.9. The lowest BCUT2D eigenvalue weighted by atomic mass is 10.0. The van der Waals surface area contributed by atoms with Crippen LogP contribution in [0.3, 0.4) is 0 Å². The standard InChI is InChI=1S/C16H18N4O4/c21-15(17-9-3-4-9)14-10-6-20(7-13(10)24-19-14)16(22)11-5-12(23-18-11)8-1-2-8/h5,8-10,13H,1-4,6-7H2,(H,17,21)/t10-,13+/m0/s1. The van der Waals surface area contributed by atoms with Gasteiger partial charge in [0.15, 0.2) is 17.5 Å². The van der Waals surface area contributed by atoms with Crippen molar-refractivity contribution >= 4 is 17.5 Å². The highest BCUT2D eigenvalue weighted by Gasteiger charge is 2.47.